The van der Waals surface area contributed by atoms with Crippen LogP contribution in [0.1, 0.15) is 56.3 Å². The Bertz CT molecular complexity index is 1200. The number of amides is 4. The first-order valence-corrected chi connectivity index (χ1v) is 14.0. The number of nitrogens with one attached hydrogen (secondary N) is 2. The Morgan fingerprint density at radius 2 is 1.77 bits per heavy atom. The number of anilines is 2. The molecule has 1 aliphatic heterocycles. The Kier molecular flexibility index (Phi) is 9.63. The summed E-state index contributed by atoms with van der Waals surface area (Å²) in [6, 6.07) is 9.71. The predicted octanol–water partition coefficient (Wildman–Crippen LogP) is 4.73. The van der Waals surface area contributed by atoms with Crippen molar-refractivity contribution < 1.29 is 28.6 Å². The number of urea groups is 1. The van der Waals surface area contributed by atoms with Gasteiger partial charge in [0.2, 0.25) is 5.91 Å². The molecule has 216 valence electrons. The Labute approximate surface area is 234 Å². The number of aliphatic hydroxyl groups is 1. The van der Waals surface area contributed by atoms with E-state index < -0.39 is 18.0 Å². The van der Waals surface area contributed by atoms with Gasteiger partial charge in [-0.3, -0.25) is 9.59 Å². The zero-order chi connectivity index (χ0) is 28.8. The SMILES string of the molecule is C[C@H]1CN([C@@H](C)CO)C(=O)c2cc(NC(=O)C3CCCCC3)ccc2O[C@H]1CN(C)C(=O)Nc1ccc(F)cc1. The molecule has 1 fully saturated rings. The van der Waals surface area contributed by atoms with Crippen molar-refractivity contribution in [3.63, 3.8) is 0 Å². The van der Waals surface area contributed by atoms with Crippen molar-refractivity contribution in [2.75, 3.05) is 37.4 Å². The first-order chi connectivity index (χ1) is 19.2. The predicted molar refractivity (Wildman–Crippen MR) is 151 cm³/mol. The molecule has 0 bridgehead atoms. The van der Waals surface area contributed by atoms with Crippen molar-refractivity contribution in [3.8, 4) is 5.75 Å². The normalized spacial score (nSPS) is 20.4. The summed E-state index contributed by atoms with van der Waals surface area (Å²) in [5.41, 5.74) is 1.27. The van der Waals surface area contributed by atoms with Crippen LogP contribution in [0, 0.1) is 17.7 Å². The average molecular weight is 555 g/mol. The minimum atomic E-state index is -0.480. The van der Waals surface area contributed by atoms with Crippen molar-refractivity contribution >= 4 is 29.2 Å². The zero-order valence-corrected chi connectivity index (χ0v) is 23.4. The Morgan fingerprint density at radius 1 is 1.10 bits per heavy atom. The van der Waals surface area contributed by atoms with E-state index in [0.717, 1.165) is 32.1 Å². The Balaban J connectivity index is 1.55. The van der Waals surface area contributed by atoms with E-state index in [2.05, 4.69) is 10.6 Å². The third kappa shape index (κ3) is 7.10. The number of carbonyl (C=O) groups excluding carboxylic acids is 3. The molecule has 2 aliphatic rings. The second kappa shape index (κ2) is 13.1. The van der Waals surface area contributed by atoms with Crippen molar-refractivity contribution in [2.24, 2.45) is 11.8 Å². The molecule has 0 saturated heterocycles. The van der Waals surface area contributed by atoms with Gasteiger partial charge in [-0.25, -0.2) is 9.18 Å². The molecule has 2 aromatic rings. The fourth-order valence-corrected chi connectivity index (χ4v) is 5.23. The number of rotatable bonds is 7. The summed E-state index contributed by atoms with van der Waals surface area (Å²) in [4.78, 5) is 42.5. The van der Waals surface area contributed by atoms with Crippen LogP contribution in [-0.2, 0) is 4.79 Å². The number of benzene rings is 2. The summed E-state index contributed by atoms with van der Waals surface area (Å²) in [5.74, 6) is -0.597. The molecule has 3 N–H and O–H groups in total. The number of halogens is 1. The van der Waals surface area contributed by atoms with Crippen molar-refractivity contribution in [1.29, 1.82) is 0 Å². The highest BCUT2D eigenvalue weighted by Gasteiger charge is 2.34. The minimum absolute atomic E-state index is 0.0320. The molecular weight excluding hydrogens is 515 g/mol. The summed E-state index contributed by atoms with van der Waals surface area (Å²) in [6.07, 6.45) is 4.48. The van der Waals surface area contributed by atoms with Gasteiger partial charge in [-0.2, -0.15) is 0 Å². The van der Waals surface area contributed by atoms with Crippen LogP contribution in [0.2, 0.25) is 0 Å². The summed E-state index contributed by atoms with van der Waals surface area (Å²) < 4.78 is 19.6. The standard InChI is InChI=1S/C30H39FN4O5/c1-19-16-35(20(2)18-36)29(38)25-15-24(32-28(37)21-7-5-4-6-8-21)13-14-26(25)40-27(19)17-34(3)30(39)33-23-11-9-22(31)10-12-23/h9-15,19-21,27,36H,4-8,16-18H2,1-3H3,(H,32,37)(H,33,39)/t19-,20-,27-/m0/s1. The molecular formula is C30H39FN4O5. The van der Waals surface area contributed by atoms with E-state index in [-0.39, 0.29) is 48.4 Å². The molecule has 0 radical (unpaired) electrons. The van der Waals surface area contributed by atoms with Crippen LogP contribution in [0.5, 0.6) is 5.75 Å². The van der Waals surface area contributed by atoms with Crippen molar-refractivity contribution in [2.45, 2.75) is 58.1 Å². The second-order valence-corrected chi connectivity index (χ2v) is 11.0. The molecule has 1 heterocycles. The van der Waals surface area contributed by atoms with Gasteiger partial charge >= 0.3 is 6.03 Å². The lowest BCUT2D eigenvalue weighted by Gasteiger charge is -2.38. The van der Waals surface area contributed by atoms with Crippen LogP contribution in [0.15, 0.2) is 42.5 Å². The third-order valence-corrected chi connectivity index (χ3v) is 7.80. The van der Waals surface area contributed by atoms with Crippen LogP contribution in [-0.4, -0.2) is 71.6 Å². The average Bonchev–Trinajstić information content (AvgIpc) is 2.96. The van der Waals surface area contributed by atoms with E-state index in [9.17, 15) is 23.9 Å². The molecule has 1 aliphatic carbocycles. The second-order valence-electron chi connectivity index (χ2n) is 11.0. The summed E-state index contributed by atoms with van der Waals surface area (Å²) in [7, 11) is 1.64. The first-order valence-electron chi connectivity index (χ1n) is 14.0. The van der Waals surface area contributed by atoms with Crippen LogP contribution < -0.4 is 15.4 Å². The van der Waals surface area contributed by atoms with E-state index in [1.54, 1.807) is 37.1 Å². The zero-order valence-electron chi connectivity index (χ0n) is 23.4. The smallest absolute Gasteiger partial charge is 0.321 e. The fourth-order valence-electron chi connectivity index (χ4n) is 5.23. The molecule has 4 amide bonds. The lowest BCUT2D eigenvalue weighted by atomic mass is 9.88. The largest absolute Gasteiger partial charge is 0.487 e. The van der Waals surface area contributed by atoms with Crippen molar-refractivity contribution in [3.05, 3.63) is 53.8 Å². The topological polar surface area (TPSA) is 111 Å². The van der Waals surface area contributed by atoms with E-state index in [0.29, 0.717) is 23.7 Å². The fraction of sp³-hybridized carbons (Fsp3) is 0.500. The van der Waals surface area contributed by atoms with Crippen LogP contribution >= 0.6 is 0 Å². The number of aliphatic hydroxyl groups excluding tert-OH is 1. The maximum Gasteiger partial charge on any atom is 0.321 e. The number of carbonyl (C=O) groups is 3. The van der Waals surface area contributed by atoms with Gasteiger partial charge in [-0.05, 0) is 62.2 Å². The van der Waals surface area contributed by atoms with E-state index in [1.807, 2.05) is 6.92 Å². The first kappa shape index (κ1) is 29.3. The van der Waals surface area contributed by atoms with Gasteiger partial charge in [0.1, 0.15) is 17.7 Å². The molecule has 9 nitrogen and oxygen atoms in total. The highest BCUT2D eigenvalue weighted by Crippen LogP contribution is 2.32. The molecule has 10 heteroatoms. The number of nitrogens with zero attached hydrogens (tertiary/aromatic N) is 2. The van der Waals surface area contributed by atoms with Crippen LogP contribution in [0.3, 0.4) is 0 Å². The highest BCUT2D eigenvalue weighted by atomic mass is 19.1. The number of hydrogen-bond acceptors (Lipinski definition) is 5. The summed E-state index contributed by atoms with van der Waals surface area (Å²) in [6.45, 7) is 4.01. The molecule has 0 aromatic heterocycles. The molecule has 0 spiro atoms. The van der Waals surface area contributed by atoms with Gasteiger partial charge < -0.3 is 30.3 Å². The molecule has 4 rings (SSSR count). The van der Waals surface area contributed by atoms with E-state index in [1.165, 1.54) is 29.2 Å². The van der Waals surface area contributed by atoms with Gasteiger partial charge in [-0.1, -0.05) is 26.2 Å². The van der Waals surface area contributed by atoms with Crippen LogP contribution in [0.25, 0.3) is 0 Å². The van der Waals surface area contributed by atoms with Gasteiger partial charge in [0, 0.05) is 36.8 Å². The monoisotopic (exact) mass is 554 g/mol. The lowest BCUT2D eigenvalue weighted by molar-refractivity contribution is -0.120. The third-order valence-electron chi connectivity index (χ3n) is 7.80. The number of fused-ring (bicyclic) bond motifs is 1. The molecule has 1 saturated carbocycles. The molecule has 40 heavy (non-hydrogen) atoms. The molecule has 3 atom stereocenters. The summed E-state index contributed by atoms with van der Waals surface area (Å²) in [5, 5.41) is 15.6. The molecule has 2 aromatic carbocycles. The lowest BCUT2D eigenvalue weighted by Crippen LogP contribution is -2.50. The number of likely N-dealkylation sites (N-methyl/N-ethyl adjacent to an activating group) is 1. The number of ether oxygens (including phenoxy) is 1. The van der Waals surface area contributed by atoms with E-state index >= 15 is 0 Å². The Morgan fingerprint density at radius 3 is 2.45 bits per heavy atom. The van der Waals surface area contributed by atoms with Gasteiger partial charge in [0.15, 0.2) is 0 Å². The highest BCUT2D eigenvalue weighted by molar-refractivity contribution is 6.00. The van der Waals surface area contributed by atoms with E-state index in [4.69, 9.17) is 4.74 Å². The Hall–Kier alpha value is -3.66. The summed E-state index contributed by atoms with van der Waals surface area (Å²) >= 11 is 0. The quantitative estimate of drug-likeness (QED) is 0.458. The van der Waals surface area contributed by atoms with Gasteiger partial charge in [-0.15, -0.1) is 0 Å². The van der Waals surface area contributed by atoms with Gasteiger partial charge in [0.05, 0.1) is 24.8 Å². The molecule has 0 unspecified atom stereocenters. The van der Waals surface area contributed by atoms with Crippen LogP contribution in [0.4, 0.5) is 20.6 Å². The van der Waals surface area contributed by atoms with Gasteiger partial charge in [0.25, 0.3) is 5.91 Å². The maximum atomic E-state index is 13.7. The number of hydrogen-bond donors (Lipinski definition) is 3. The maximum absolute atomic E-state index is 13.7. The minimum Gasteiger partial charge on any atom is -0.487 e. The van der Waals surface area contributed by atoms with Crippen molar-refractivity contribution in [1.82, 2.24) is 9.80 Å².